The minimum atomic E-state index is 0.133. The van der Waals surface area contributed by atoms with Crippen LogP contribution < -0.4 is 14.3 Å². The summed E-state index contributed by atoms with van der Waals surface area (Å²) in [5, 5.41) is 16.1. The van der Waals surface area contributed by atoms with Crippen LogP contribution in [0.2, 0.25) is 0 Å². The van der Waals surface area contributed by atoms with Crippen molar-refractivity contribution in [3.05, 3.63) is 58.2 Å². The summed E-state index contributed by atoms with van der Waals surface area (Å²) in [5.74, 6) is 1.68. The van der Waals surface area contributed by atoms with E-state index in [-0.39, 0.29) is 11.8 Å². The van der Waals surface area contributed by atoms with Crippen LogP contribution in [-0.2, 0) is 0 Å². The lowest BCUT2D eigenvalue weighted by atomic mass is 10.1. The van der Waals surface area contributed by atoms with Gasteiger partial charge < -0.3 is 14.6 Å². The second-order valence-corrected chi connectivity index (χ2v) is 7.18. The number of phenolic OH excluding ortho intramolecular Hbond substituents is 1. The Morgan fingerprint density at radius 2 is 1.82 bits per heavy atom. The minimum absolute atomic E-state index is 0.133. The van der Waals surface area contributed by atoms with E-state index in [0.29, 0.717) is 0 Å². The lowest BCUT2D eigenvalue weighted by Gasteiger charge is -2.11. The minimum Gasteiger partial charge on any atom is -0.508 e. The highest BCUT2D eigenvalue weighted by molar-refractivity contribution is 7.07. The number of benzene rings is 2. The Morgan fingerprint density at radius 1 is 1.07 bits per heavy atom. The second-order valence-electron chi connectivity index (χ2n) is 6.34. The smallest absolute Gasteiger partial charge is 0.206 e. The number of methoxy groups -OCH3 is 2. The first-order valence-corrected chi connectivity index (χ1v) is 9.70. The molecular formula is C21H23N3O3S. The third-order valence-electron chi connectivity index (χ3n) is 3.95. The monoisotopic (exact) mass is 397 g/mol. The van der Waals surface area contributed by atoms with Gasteiger partial charge in [0.1, 0.15) is 17.2 Å². The van der Waals surface area contributed by atoms with Crippen LogP contribution in [0.25, 0.3) is 11.3 Å². The average molecular weight is 398 g/mol. The number of rotatable bonds is 6. The lowest BCUT2D eigenvalue weighted by molar-refractivity contribution is 0.404. The van der Waals surface area contributed by atoms with E-state index in [0.717, 1.165) is 33.1 Å². The van der Waals surface area contributed by atoms with Crippen molar-refractivity contribution in [3.8, 4) is 28.5 Å². The molecule has 3 aromatic rings. The van der Waals surface area contributed by atoms with Crippen LogP contribution in [0.15, 0.2) is 57.9 Å². The highest BCUT2D eigenvalue weighted by Gasteiger charge is 2.14. The Labute approximate surface area is 168 Å². The number of thiazole rings is 1. The summed E-state index contributed by atoms with van der Waals surface area (Å²) in [6.07, 6.45) is 1.74. The van der Waals surface area contributed by atoms with E-state index in [1.54, 1.807) is 49.4 Å². The molecule has 0 radical (unpaired) electrons. The summed E-state index contributed by atoms with van der Waals surface area (Å²) < 4.78 is 12.7. The summed E-state index contributed by atoms with van der Waals surface area (Å²) in [5.41, 5.74) is 2.59. The third-order valence-corrected chi connectivity index (χ3v) is 4.78. The number of aromatic hydroxyl groups is 1. The van der Waals surface area contributed by atoms with Gasteiger partial charge in [-0.2, -0.15) is 5.10 Å². The molecule has 1 N–H and O–H groups in total. The molecule has 0 saturated carbocycles. The highest BCUT2D eigenvalue weighted by atomic mass is 32.1. The summed E-state index contributed by atoms with van der Waals surface area (Å²) in [7, 11) is 3.27. The van der Waals surface area contributed by atoms with Gasteiger partial charge in [-0.3, -0.25) is 4.99 Å². The number of phenols is 1. The predicted octanol–water partition coefficient (Wildman–Crippen LogP) is 4.13. The van der Waals surface area contributed by atoms with E-state index in [1.807, 2.05) is 37.4 Å². The first-order chi connectivity index (χ1) is 13.5. The van der Waals surface area contributed by atoms with E-state index >= 15 is 0 Å². The molecule has 0 aliphatic carbocycles. The fourth-order valence-corrected chi connectivity index (χ4v) is 3.57. The molecule has 1 heterocycles. The van der Waals surface area contributed by atoms with Gasteiger partial charge in [0.25, 0.3) is 0 Å². The molecule has 2 aromatic carbocycles. The van der Waals surface area contributed by atoms with Crippen molar-refractivity contribution in [1.29, 1.82) is 0 Å². The molecular weight excluding hydrogens is 374 g/mol. The normalized spacial score (nSPS) is 12.1. The molecule has 0 aliphatic rings. The van der Waals surface area contributed by atoms with E-state index in [4.69, 9.17) is 9.47 Å². The van der Waals surface area contributed by atoms with Crippen molar-refractivity contribution < 1.29 is 14.6 Å². The topological polar surface area (TPSA) is 68.3 Å². The summed E-state index contributed by atoms with van der Waals surface area (Å²) in [4.78, 5) is 5.47. The molecule has 0 unspecified atom stereocenters. The van der Waals surface area contributed by atoms with Crippen LogP contribution in [0.5, 0.6) is 17.2 Å². The van der Waals surface area contributed by atoms with Gasteiger partial charge in [0.15, 0.2) is 0 Å². The number of aromatic nitrogens is 1. The molecule has 0 aliphatic heterocycles. The van der Waals surface area contributed by atoms with Crippen molar-refractivity contribution in [2.75, 3.05) is 14.2 Å². The number of hydrogen-bond donors (Lipinski definition) is 1. The first-order valence-electron chi connectivity index (χ1n) is 8.82. The standard InChI is InChI=1S/C21H23N3O3S/c1-14(2)23-21-24(22-12-15-5-7-16(25)8-6-15)19(13-28-21)18-11-17(26-3)9-10-20(18)27-4/h5-14,25H,1-4H3. The van der Waals surface area contributed by atoms with Crippen molar-refractivity contribution in [1.82, 2.24) is 4.68 Å². The fourth-order valence-electron chi connectivity index (χ4n) is 2.61. The molecule has 3 rings (SSSR count). The Kier molecular flexibility index (Phi) is 6.16. The SMILES string of the molecule is COc1ccc(OC)c(-c2csc(=NC(C)C)n2N=Cc2ccc(O)cc2)c1. The number of nitrogens with zero attached hydrogens (tertiary/aromatic N) is 3. The van der Waals surface area contributed by atoms with Crippen LogP contribution >= 0.6 is 11.3 Å². The molecule has 0 saturated heterocycles. The molecule has 7 heteroatoms. The average Bonchev–Trinajstić information content (AvgIpc) is 3.08. The molecule has 0 atom stereocenters. The molecule has 1 aromatic heterocycles. The zero-order chi connectivity index (χ0) is 20.1. The van der Waals surface area contributed by atoms with Crippen LogP contribution in [-0.4, -0.2) is 36.3 Å². The van der Waals surface area contributed by atoms with E-state index in [1.165, 1.54) is 11.3 Å². The van der Waals surface area contributed by atoms with Crippen molar-refractivity contribution in [2.45, 2.75) is 19.9 Å². The highest BCUT2D eigenvalue weighted by Crippen LogP contribution is 2.33. The number of ether oxygens (including phenoxy) is 2. The Morgan fingerprint density at radius 3 is 2.46 bits per heavy atom. The van der Waals surface area contributed by atoms with Gasteiger partial charge in [-0.1, -0.05) is 0 Å². The van der Waals surface area contributed by atoms with Crippen LogP contribution in [0.3, 0.4) is 0 Å². The van der Waals surface area contributed by atoms with Crippen molar-refractivity contribution in [2.24, 2.45) is 10.1 Å². The first kappa shape index (κ1) is 19.7. The Bertz CT molecular complexity index is 1030. The zero-order valence-electron chi connectivity index (χ0n) is 16.3. The van der Waals surface area contributed by atoms with Gasteiger partial charge in [-0.05, 0) is 61.9 Å². The van der Waals surface area contributed by atoms with Gasteiger partial charge >= 0.3 is 0 Å². The summed E-state index contributed by atoms with van der Waals surface area (Å²) >= 11 is 1.52. The Balaban J connectivity index is 2.15. The van der Waals surface area contributed by atoms with Crippen molar-refractivity contribution >= 4 is 17.6 Å². The lowest BCUT2D eigenvalue weighted by Crippen LogP contribution is -2.14. The summed E-state index contributed by atoms with van der Waals surface area (Å²) in [6.45, 7) is 4.05. The van der Waals surface area contributed by atoms with Gasteiger partial charge in [0.2, 0.25) is 4.80 Å². The maximum Gasteiger partial charge on any atom is 0.206 e. The molecule has 28 heavy (non-hydrogen) atoms. The maximum absolute atomic E-state index is 9.46. The molecule has 0 spiro atoms. The number of hydrogen-bond acceptors (Lipinski definition) is 6. The van der Waals surface area contributed by atoms with Gasteiger partial charge in [0.05, 0.1) is 26.1 Å². The fraction of sp³-hybridized carbons (Fsp3) is 0.238. The molecule has 0 amide bonds. The van der Waals surface area contributed by atoms with Crippen LogP contribution in [0, 0.1) is 0 Å². The van der Waals surface area contributed by atoms with Gasteiger partial charge in [0, 0.05) is 17.0 Å². The molecule has 6 nitrogen and oxygen atoms in total. The van der Waals surface area contributed by atoms with Gasteiger partial charge in [-0.25, -0.2) is 4.68 Å². The Hall–Kier alpha value is -3.06. The maximum atomic E-state index is 9.46. The molecule has 146 valence electrons. The second kappa shape index (κ2) is 8.75. The third kappa shape index (κ3) is 4.43. The quantitative estimate of drug-likeness (QED) is 0.636. The van der Waals surface area contributed by atoms with E-state index in [9.17, 15) is 5.11 Å². The largest absolute Gasteiger partial charge is 0.508 e. The van der Waals surface area contributed by atoms with Crippen LogP contribution in [0.1, 0.15) is 19.4 Å². The van der Waals surface area contributed by atoms with E-state index in [2.05, 4.69) is 10.1 Å². The predicted molar refractivity (Wildman–Crippen MR) is 113 cm³/mol. The molecule has 0 bridgehead atoms. The van der Waals surface area contributed by atoms with Crippen LogP contribution in [0.4, 0.5) is 0 Å². The zero-order valence-corrected chi connectivity index (χ0v) is 17.1. The summed E-state index contributed by atoms with van der Waals surface area (Å²) in [6, 6.07) is 12.7. The van der Waals surface area contributed by atoms with E-state index < -0.39 is 0 Å². The molecule has 0 fully saturated rings. The van der Waals surface area contributed by atoms with Crippen molar-refractivity contribution in [3.63, 3.8) is 0 Å². The van der Waals surface area contributed by atoms with Gasteiger partial charge in [-0.15, -0.1) is 11.3 Å².